The van der Waals surface area contributed by atoms with Crippen LogP contribution in [-0.4, -0.2) is 18.0 Å². The molecule has 0 saturated heterocycles. The number of methoxy groups -OCH3 is 1. The second kappa shape index (κ2) is 7.17. The summed E-state index contributed by atoms with van der Waals surface area (Å²) in [4.78, 5) is 13.5. The molecule has 2 aromatic carbocycles. The Morgan fingerprint density at radius 1 is 1.07 bits per heavy atom. The van der Waals surface area contributed by atoms with Crippen molar-refractivity contribution < 1.29 is 14.1 Å². The molecule has 2 aliphatic rings. The summed E-state index contributed by atoms with van der Waals surface area (Å²) in [7, 11) is 1.66. The van der Waals surface area contributed by atoms with E-state index in [1.165, 1.54) is 0 Å². The number of hydrogen-bond donors (Lipinski definition) is 1. The Morgan fingerprint density at radius 3 is 2.57 bits per heavy atom. The van der Waals surface area contributed by atoms with Crippen LogP contribution in [-0.2, 0) is 4.79 Å². The third kappa shape index (κ3) is 2.93. The molecule has 30 heavy (non-hydrogen) atoms. The number of benzene rings is 2. The fourth-order valence-electron chi connectivity index (χ4n) is 4.81. The summed E-state index contributed by atoms with van der Waals surface area (Å²) in [5, 5.41) is 7.59. The summed E-state index contributed by atoms with van der Waals surface area (Å²) in [5.41, 5.74) is 7.03. The van der Waals surface area contributed by atoms with E-state index in [-0.39, 0.29) is 17.6 Å². The number of Topliss-reactive ketones (excluding diaryl/α,β-unsaturated/α-hetero) is 1. The first-order valence-corrected chi connectivity index (χ1v) is 10.3. The lowest BCUT2D eigenvalue weighted by atomic mass is 9.72. The van der Waals surface area contributed by atoms with Crippen molar-refractivity contribution in [1.82, 2.24) is 5.16 Å². The maximum Gasteiger partial charge on any atom is 0.233 e. The smallest absolute Gasteiger partial charge is 0.233 e. The first-order chi connectivity index (χ1) is 14.6. The zero-order valence-corrected chi connectivity index (χ0v) is 17.4. The van der Waals surface area contributed by atoms with Crippen LogP contribution in [0.4, 0.5) is 5.88 Å². The highest BCUT2D eigenvalue weighted by Gasteiger charge is 2.41. The molecule has 0 bridgehead atoms. The van der Waals surface area contributed by atoms with Crippen molar-refractivity contribution in [3.8, 4) is 5.75 Å². The van der Waals surface area contributed by atoms with Crippen LogP contribution in [0, 0.1) is 13.8 Å². The number of anilines is 1. The van der Waals surface area contributed by atoms with E-state index in [0.717, 1.165) is 51.4 Å². The lowest BCUT2D eigenvalue weighted by molar-refractivity contribution is -0.116. The van der Waals surface area contributed by atoms with E-state index in [9.17, 15) is 4.79 Å². The number of rotatable bonds is 3. The van der Waals surface area contributed by atoms with Crippen LogP contribution in [0.1, 0.15) is 52.6 Å². The quantitative estimate of drug-likeness (QED) is 0.650. The van der Waals surface area contributed by atoms with Crippen LogP contribution in [0.5, 0.6) is 5.75 Å². The van der Waals surface area contributed by atoms with Crippen LogP contribution in [0.3, 0.4) is 0 Å². The zero-order valence-electron chi connectivity index (χ0n) is 17.4. The van der Waals surface area contributed by atoms with Crippen LogP contribution in [0.15, 0.2) is 64.3 Å². The number of nitrogens with one attached hydrogen (secondary N) is 1. The van der Waals surface area contributed by atoms with Gasteiger partial charge in [0.1, 0.15) is 5.75 Å². The minimum Gasteiger partial charge on any atom is -0.497 e. The summed E-state index contributed by atoms with van der Waals surface area (Å²) in [5.74, 6) is 1.63. The molecule has 0 radical (unpaired) electrons. The molecule has 0 amide bonds. The van der Waals surface area contributed by atoms with Crippen LogP contribution < -0.4 is 10.1 Å². The largest absolute Gasteiger partial charge is 0.497 e. The van der Waals surface area contributed by atoms with Gasteiger partial charge in [0.05, 0.1) is 18.4 Å². The van der Waals surface area contributed by atoms with Crippen LogP contribution in [0.25, 0.3) is 0 Å². The molecule has 2 heterocycles. The molecule has 1 N–H and O–H groups in total. The Hall–Kier alpha value is -3.34. The number of ether oxygens (including phenoxy) is 1. The second-order valence-corrected chi connectivity index (χ2v) is 8.12. The van der Waals surface area contributed by atoms with E-state index < -0.39 is 0 Å². The van der Waals surface area contributed by atoms with Crippen molar-refractivity contribution in [2.45, 2.75) is 38.5 Å². The first-order valence-electron chi connectivity index (χ1n) is 10.3. The Kier molecular flexibility index (Phi) is 4.46. The van der Waals surface area contributed by atoms with Crippen molar-refractivity contribution in [3.63, 3.8) is 0 Å². The van der Waals surface area contributed by atoms with Gasteiger partial charge in [-0.25, -0.2) is 0 Å². The maximum atomic E-state index is 13.5. The third-order valence-corrected chi connectivity index (χ3v) is 6.34. The van der Waals surface area contributed by atoms with E-state index >= 15 is 0 Å². The van der Waals surface area contributed by atoms with Crippen molar-refractivity contribution in [2.24, 2.45) is 0 Å². The molecule has 5 rings (SSSR count). The summed E-state index contributed by atoms with van der Waals surface area (Å²) < 4.78 is 10.9. The topological polar surface area (TPSA) is 64.4 Å². The second-order valence-electron chi connectivity index (χ2n) is 8.12. The Balaban J connectivity index is 1.60. The molecular formula is C25H24N2O3. The van der Waals surface area contributed by atoms with E-state index in [0.29, 0.717) is 12.3 Å². The average molecular weight is 400 g/mol. The summed E-state index contributed by atoms with van der Waals surface area (Å²) >= 11 is 0. The summed E-state index contributed by atoms with van der Waals surface area (Å²) in [6, 6.07) is 16.3. The molecule has 2 atom stereocenters. The number of aryl methyl sites for hydroxylation is 2. The first kappa shape index (κ1) is 18.7. The van der Waals surface area contributed by atoms with E-state index in [1.54, 1.807) is 7.11 Å². The molecule has 5 heteroatoms. The standard InChI is InChI=1S/C25H24N2O3/c1-14-6-4-5-7-19(14)23-22-15(2)27-30-25(22)26-20-12-17(13-21(28)24(20)23)16-8-10-18(29-3)11-9-16/h4-11,17,23,26H,12-13H2,1-3H3/t17-,23+/m0/s1. The van der Waals surface area contributed by atoms with E-state index in [2.05, 4.69) is 29.5 Å². The van der Waals surface area contributed by atoms with Crippen molar-refractivity contribution in [3.05, 3.63) is 87.7 Å². The van der Waals surface area contributed by atoms with Gasteiger partial charge in [-0.15, -0.1) is 0 Å². The maximum absolute atomic E-state index is 13.5. The number of carbonyl (C=O) groups excluding carboxylic acids is 1. The van der Waals surface area contributed by atoms with E-state index in [1.807, 2.05) is 43.3 Å². The Bertz CT molecular complexity index is 1160. The number of hydrogen-bond acceptors (Lipinski definition) is 5. The fraction of sp³-hybridized carbons (Fsp3) is 0.280. The van der Waals surface area contributed by atoms with Gasteiger partial charge in [-0.05, 0) is 55.0 Å². The van der Waals surface area contributed by atoms with Gasteiger partial charge in [0.2, 0.25) is 5.88 Å². The minimum atomic E-state index is -0.145. The Labute approximate surface area is 175 Å². The summed E-state index contributed by atoms with van der Waals surface area (Å²) in [6.07, 6.45) is 1.25. The molecule has 0 unspecified atom stereocenters. The van der Waals surface area contributed by atoms with Crippen molar-refractivity contribution in [1.29, 1.82) is 0 Å². The van der Waals surface area contributed by atoms with Gasteiger partial charge in [0.25, 0.3) is 0 Å². The van der Waals surface area contributed by atoms with Gasteiger partial charge >= 0.3 is 0 Å². The third-order valence-electron chi connectivity index (χ3n) is 6.34. The molecule has 3 aromatic rings. The van der Waals surface area contributed by atoms with Crippen molar-refractivity contribution >= 4 is 11.7 Å². The van der Waals surface area contributed by atoms with Crippen LogP contribution in [0.2, 0.25) is 0 Å². The Morgan fingerprint density at radius 2 is 1.83 bits per heavy atom. The minimum absolute atomic E-state index is 0.123. The number of aromatic nitrogens is 1. The molecular weight excluding hydrogens is 376 g/mol. The molecule has 0 saturated carbocycles. The highest BCUT2D eigenvalue weighted by atomic mass is 16.5. The normalized spacial score (nSPS) is 20.4. The molecule has 0 spiro atoms. The molecule has 1 aliphatic heterocycles. The molecule has 1 aliphatic carbocycles. The van der Waals surface area contributed by atoms with Gasteiger partial charge in [-0.3, -0.25) is 4.79 Å². The fourth-order valence-corrected chi connectivity index (χ4v) is 4.81. The highest BCUT2D eigenvalue weighted by Crippen LogP contribution is 2.49. The SMILES string of the molecule is COc1ccc([C@@H]2CC(=O)C3=C(C2)Nc2onc(C)c2[C@H]3c2ccccc2C)cc1. The lowest BCUT2D eigenvalue weighted by Gasteiger charge is -2.35. The molecule has 5 nitrogen and oxygen atoms in total. The number of allylic oxidation sites excluding steroid dienone is 2. The van der Waals surface area contributed by atoms with Gasteiger partial charge in [0, 0.05) is 23.6 Å². The molecule has 0 fully saturated rings. The average Bonchev–Trinajstić information content (AvgIpc) is 3.13. The van der Waals surface area contributed by atoms with Gasteiger partial charge in [0.15, 0.2) is 5.78 Å². The predicted octanol–water partition coefficient (Wildman–Crippen LogP) is 5.26. The number of ketones is 1. The zero-order chi connectivity index (χ0) is 20.8. The number of carbonyl (C=O) groups is 1. The van der Waals surface area contributed by atoms with Gasteiger partial charge < -0.3 is 14.6 Å². The number of nitrogens with zero attached hydrogens (tertiary/aromatic N) is 1. The molecule has 1 aromatic heterocycles. The molecule has 152 valence electrons. The van der Waals surface area contributed by atoms with Crippen molar-refractivity contribution in [2.75, 3.05) is 12.4 Å². The van der Waals surface area contributed by atoms with E-state index in [4.69, 9.17) is 9.26 Å². The summed E-state index contributed by atoms with van der Waals surface area (Å²) in [6.45, 7) is 4.03. The van der Waals surface area contributed by atoms with Gasteiger partial charge in [-0.2, -0.15) is 0 Å². The highest BCUT2D eigenvalue weighted by molar-refractivity contribution is 6.01. The van der Waals surface area contributed by atoms with Crippen LogP contribution >= 0.6 is 0 Å². The van der Waals surface area contributed by atoms with Gasteiger partial charge in [-0.1, -0.05) is 41.6 Å². The number of fused-ring (bicyclic) bond motifs is 1. The lowest BCUT2D eigenvalue weighted by Crippen LogP contribution is -2.29. The monoisotopic (exact) mass is 400 g/mol. The predicted molar refractivity (Wildman–Crippen MR) is 115 cm³/mol.